The molecule has 2 unspecified atom stereocenters. The molecule has 1 saturated heterocycles. The first-order valence-electron chi connectivity index (χ1n) is 10.8. The molecular weight excluding hydrogens is 438 g/mol. The topological polar surface area (TPSA) is 131 Å². The van der Waals surface area contributed by atoms with Crippen molar-refractivity contribution >= 4 is 17.7 Å². The van der Waals surface area contributed by atoms with Crippen LogP contribution in [0.15, 0.2) is 54.1 Å². The maximum absolute atomic E-state index is 13.6. The van der Waals surface area contributed by atoms with Gasteiger partial charge in [0.15, 0.2) is 17.4 Å². The molecule has 34 heavy (non-hydrogen) atoms. The van der Waals surface area contributed by atoms with Gasteiger partial charge >= 0.3 is 5.97 Å². The lowest BCUT2D eigenvalue weighted by atomic mass is 9.78. The molecule has 0 saturated carbocycles. The number of rotatable bonds is 5. The number of methoxy groups -OCH3 is 2. The van der Waals surface area contributed by atoms with Crippen molar-refractivity contribution in [3.8, 4) is 17.6 Å². The highest BCUT2D eigenvalue weighted by Gasteiger charge is 2.45. The van der Waals surface area contributed by atoms with Crippen molar-refractivity contribution in [3.05, 3.63) is 59.6 Å². The summed E-state index contributed by atoms with van der Waals surface area (Å²) in [7, 11) is 2.76. The van der Waals surface area contributed by atoms with Crippen LogP contribution in [0.5, 0.6) is 11.5 Å². The lowest BCUT2D eigenvalue weighted by Crippen LogP contribution is -2.51. The van der Waals surface area contributed by atoms with Crippen LogP contribution in [0, 0.1) is 17.2 Å². The molecule has 10 heteroatoms. The summed E-state index contributed by atoms with van der Waals surface area (Å²) >= 11 is 0. The number of anilines is 1. The molecule has 0 radical (unpaired) electrons. The number of hydrogen-bond acceptors (Lipinski definition) is 9. The highest BCUT2D eigenvalue weighted by molar-refractivity contribution is 5.97. The SMILES string of the molecule is CO/C(N)=C1/C(=O)Oc2c(OC)cccc2C1C(C#N)C(=O)N1CCN(c2ccccn2)CC1. The number of para-hydroxylation sites is 1. The summed E-state index contributed by atoms with van der Waals surface area (Å²) in [5.74, 6) is -2.24. The van der Waals surface area contributed by atoms with Gasteiger partial charge in [-0.05, 0) is 18.2 Å². The minimum Gasteiger partial charge on any atom is -0.493 e. The number of nitrogens with two attached hydrogens (primary N) is 1. The molecule has 1 amide bonds. The summed E-state index contributed by atoms with van der Waals surface area (Å²) in [6.45, 7) is 1.96. The van der Waals surface area contributed by atoms with Crippen LogP contribution >= 0.6 is 0 Å². The Bertz CT molecular complexity index is 1150. The molecule has 0 aliphatic carbocycles. The van der Waals surface area contributed by atoms with Crippen LogP contribution in [0.3, 0.4) is 0 Å². The predicted octanol–water partition coefficient (Wildman–Crippen LogP) is 1.40. The number of aromatic nitrogens is 1. The molecule has 2 atom stereocenters. The van der Waals surface area contributed by atoms with Gasteiger partial charge in [-0.25, -0.2) is 9.78 Å². The fourth-order valence-corrected chi connectivity index (χ4v) is 4.35. The molecule has 10 nitrogen and oxygen atoms in total. The first-order chi connectivity index (χ1) is 16.5. The third kappa shape index (κ3) is 4.08. The summed E-state index contributed by atoms with van der Waals surface area (Å²) in [4.78, 5) is 34.6. The Morgan fingerprint density at radius 1 is 1.21 bits per heavy atom. The normalized spacial score (nSPS) is 19.9. The van der Waals surface area contributed by atoms with E-state index in [0.29, 0.717) is 37.5 Å². The van der Waals surface area contributed by atoms with E-state index in [4.69, 9.17) is 19.9 Å². The fourth-order valence-electron chi connectivity index (χ4n) is 4.35. The standard InChI is InChI=1S/C24H25N5O5/c1-32-17-7-5-6-15-19(20(22(26)33-2)24(31)34-21(15)17)16(14-25)23(30)29-12-10-28(11-13-29)18-8-3-4-9-27-18/h3-9,16,19H,10-13,26H2,1-2H3/b22-20+. The number of fused-ring (bicyclic) bond motifs is 1. The van der Waals surface area contributed by atoms with Gasteiger partial charge in [0, 0.05) is 37.9 Å². The van der Waals surface area contributed by atoms with E-state index in [9.17, 15) is 14.9 Å². The minimum atomic E-state index is -1.22. The quantitative estimate of drug-likeness (QED) is 0.302. The number of pyridine rings is 1. The van der Waals surface area contributed by atoms with Gasteiger partial charge in [0.1, 0.15) is 17.3 Å². The van der Waals surface area contributed by atoms with Crippen LogP contribution < -0.4 is 20.1 Å². The molecule has 3 heterocycles. The Balaban J connectivity index is 1.66. The van der Waals surface area contributed by atoms with E-state index in [0.717, 1.165) is 5.82 Å². The van der Waals surface area contributed by atoms with Gasteiger partial charge in [-0.15, -0.1) is 0 Å². The zero-order valence-corrected chi connectivity index (χ0v) is 18.9. The largest absolute Gasteiger partial charge is 0.493 e. The minimum absolute atomic E-state index is 0.0599. The molecule has 1 aromatic heterocycles. The number of amides is 1. The molecule has 4 rings (SSSR count). The molecule has 0 bridgehead atoms. The second-order valence-electron chi connectivity index (χ2n) is 7.83. The number of carbonyl (C=O) groups is 2. The zero-order valence-electron chi connectivity index (χ0n) is 18.9. The molecule has 1 fully saturated rings. The van der Waals surface area contributed by atoms with Crippen molar-refractivity contribution in [1.82, 2.24) is 9.88 Å². The van der Waals surface area contributed by atoms with Crippen LogP contribution in [0.4, 0.5) is 5.82 Å². The van der Waals surface area contributed by atoms with Gasteiger partial charge in [0.05, 0.1) is 26.2 Å². The van der Waals surface area contributed by atoms with Crippen molar-refractivity contribution in [2.75, 3.05) is 45.3 Å². The molecule has 2 aliphatic heterocycles. The number of esters is 1. The van der Waals surface area contributed by atoms with Crippen molar-refractivity contribution in [2.45, 2.75) is 5.92 Å². The van der Waals surface area contributed by atoms with Crippen LogP contribution in [-0.2, 0) is 14.3 Å². The van der Waals surface area contributed by atoms with Crippen molar-refractivity contribution in [2.24, 2.45) is 11.7 Å². The third-order valence-electron chi connectivity index (χ3n) is 6.08. The number of hydrogen-bond donors (Lipinski definition) is 1. The van der Waals surface area contributed by atoms with E-state index in [1.54, 1.807) is 29.3 Å². The lowest BCUT2D eigenvalue weighted by molar-refractivity contribution is -0.135. The molecular formula is C24H25N5O5. The Kier molecular flexibility index (Phi) is 6.54. The molecule has 2 aromatic rings. The molecule has 2 N–H and O–H groups in total. The maximum Gasteiger partial charge on any atom is 0.345 e. The van der Waals surface area contributed by atoms with Crippen LogP contribution in [0.1, 0.15) is 11.5 Å². The van der Waals surface area contributed by atoms with E-state index in [1.165, 1.54) is 14.2 Å². The molecule has 0 spiro atoms. The Hall–Kier alpha value is -4.26. The summed E-state index contributed by atoms with van der Waals surface area (Å²) in [5, 5.41) is 10.1. The van der Waals surface area contributed by atoms with Gasteiger partial charge in [0.25, 0.3) is 0 Å². The fraction of sp³-hybridized carbons (Fsp3) is 0.333. The van der Waals surface area contributed by atoms with E-state index in [2.05, 4.69) is 16.0 Å². The number of nitrogens with zero attached hydrogens (tertiary/aromatic N) is 4. The Morgan fingerprint density at radius 2 is 1.97 bits per heavy atom. The summed E-state index contributed by atoms with van der Waals surface area (Å²) < 4.78 is 15.9. The third-order valence-corrected chi connectivity index (χ3v) is 6.08. The van der Waals surface area contributed by atoms with E-state index in [-0.39, 0.29) is 17.2 Å². The second kappa shape index (κ2) is 9.70. The van der Waals surface area contributed by atoms with Crippen molar-refractivity contribution in [3.63, 3.8) is 0 Å². The van der Waals surface area contributed by atoms with Crippen molar-refractivity contribution in [1.29, 1.82) is 5.26 Å². The summed E-state index contributed by atoms with van der Waals surface area (Å²) in [5.41, 5.74) is 6.39. The van der Waals surface area contributed by atoms with Gasteiger partial charge in [-0.1, -0.05) is 18.2 Å². The Labute approximate surface area is 197 Å². The van der Waals surface area contributed by atoms with Gasteiger partial charge < -0.3 is 29.7 Å². The second-order valence-corrected chi connectivity index (χ2v) is 7.83. The smallest absolute Gasteiger partial charge is 0.345 e. The lowest BCUT2D eigenvalue weighted by Gasteiger charge is -2.38. The van der Waals surface area contributed by atoms with E-state index in [1.807, 2.05) is 18.2 Å². The first-order valence-corrected chi connectivity index (χ1v) is 10.8. The van der Waals surface area contributed by atoms with Gasteiger partial charge in [-0.3, -0.25) is 4.79 Å². The van der Waals surface area contributed by atoms with Crippen LogP contribution in [-0.4, -0.2) is 62.2 Å². The number of carbonyl (C=O) groups excluding carboxylic acids is 2. The van der Waals surface area contributed by atoms with Gasteiger partial charge in [-0.2, -0.15) is 5.26 Å². The predicted molar refractivity (Wildman–Crippen MR) is 122 cm³/mol. The highest BCUT2D eigenvalue weighted by Crippen LogP contribution is 2.47. The summed E-state index contributed by atoms with van der Waals surface area (Å²) in [6, 6.07) is 12.8. The van der Waals surface area contributed by atoms with E-state index >= 15 is 0 Å². The number of piperazine rings is 1. The average molecular weight is 463 g/mol. The van der Waals surface area contributed by atoms with Crippen molar-refractivity contribution < 1.29 is 23.8 Å². The molecule has 2 aliphatic rings. The first kappa shape index (κ1) is 22.9. The zero-order chi connectivity index (χ0) is 24.2. The number of benzene rings is 1. The highest BCUT2D eigenvalue weighted by atomic mass is 16.6. The van der Waals surface area contributed by atoms with Gasteiger partial charge in [0.2, 0.25) is 5.91 Å². The molecule has 1 aromatic carbocycles. The molecule has 176 valence electrons. The monoisotopic (exact) mass is 463 g/mol. The number of ether oxygens (including phenoxy) is 3. The Morgan fingerprint density at radius 3 is 2.59 bits per heavy atom. The number of nitriles is 1. The summed E-state index contributed by atoms with van der Waals surface area (Å²) in [6.07, 6.45) is 1.72. The van der Waals surface area contributed by atoms with E-state index < -0.39 is 23.7 Å². The van der Waals surface area contributed by atoms with Crippen LogP contribution in [0.2, 0.25) is 0 Å². The maximum atomic E-state index is 13.6. The van der Waals surface area contributed by atoms with Crippen LogP contribution in [0.25, 0.3) is 0 Å². The average Bonchev–Trinajstić information content (AvgIpc) is 2.88.